The molecule has 1 amide bonds. The van der Waals surface area contributed by atoms with Gasteiger partial charge in [-0.15, -0.1) is 15.3 Å². The Labute approximate surface area is 171 Å². The van der Waals surface area contributed by atoms with Crippen molar-refractivity contribution in [1.82, 2.24) is 29.6 Å². The number of benzene rings is 1. The van der Waals surface area contributed by atoms with Crippen molar-refractivity contribution < 1.29 is 14.3 Å². The normalized spacial score (nSPS) is 15.7. The molecule has 30 heavy (non-hydrogen) atoms. The van der Waals surface area contributed by atoms with Crippen LogP contribution in [0.25, 0.3) is 11.5 Å². The predicted molar refractivity (Wildman–Crippen MR) is 107 cm³/mol. The van der Waals surface area contributed by atoms with Gasteiger partial charge in [0.05, 0.1) is 20.4 Å². The van der Waals surface area contributed by atoms with Gasteiger partial charge in [0.15, 0.2) is 17.3 Å². The van der Waals surface area contributed by atoms with Gasteiger partial charge in [0.25, 0.3) is 0 Å². The standard InChI is InChI=1S/C20H19N7O3/c1-11-23-24-17-6-7-18(25-26(11)17)27-20-15(10-21-27)13(9-19(28)22-20)14-8-12(29-2)4-5-16(14)30-3/h4-8,10,13H,9H2,1-3H3,(H,22,28). The second kappa shape index (κ2) is 6.83. The van der Waals surface area contributed by atoms with Crippen LogP contribution in [-0.2, 0) is 4.79 Å². The smallest absolute Gasteiger partial charge is 0.226 e. The van der Waals surface area contributed by atoms with Gasteiger partial charge in [-0.25, -0.2) is 0 Å². The number of nitrogens with zero attached hydrogens (tertiary/aromatic N) is 6. The molecule has 1 aliphatic heterocycles. The second-order valence-corrected chi connectivity index (χ2v) is 6.98. The van der Waals surface area contributed by atoms with Crippen molar-refractivity contribution in [2.75, 3.05) is 19.5 Å². The van der Waals surface area contributed by atoms with Crippen LogP contribution in [0.4, 0.5) is 5.82 Å². The highest BCUT2D eigenvalue weighted by Gasteiger charge is 2.32. The van der Waals surface area contributed by atoms with E-state index in [4.69, 9.17) is 9.47 Å². The minimum Gasteiger partial charge on any atom is -0.497 e. The fourth-order valence-corrected chi connectivity index (χ4v) is 3.78. The van der Waals surface area contributed by atoms with E-state index in [-0.39, 0.29) is 18.2 Å². The number of fused-ring (bicyclic) bond motifs is 2. The maximum atomic E-state index is 12.6. The van der Waals surface area contributed by atoms with Gasteiger partial charge in [-0.2, -0.15) is 14.3 Å². The maximum absolute atomic E-state index is 12.6. The van der Waals surface area contributed by atoms with E-state index in [1.54, 1.807) is 35.7 Å². The van der Waals surface area contributed by atoms with Crippen LogP contribution in [0, 0.1) is 6.92 Å². The predicted octanol–water partition coefficient (Wildman–Crippen LogP) is 2.11. The Hall–Kier alpha value is -3.95. The minimum atomic E-state index is -0.229. The number of aromatic nitrogens is 6. The molecule has 0 fully saturated rings. The van der Waals surface area contributed by atoms with Gasteiger partial charge in [-0.05, 0) is 37.3 Å². The first-order valence-corrected chi connectivity index (χ1v) is 9.38. The highest BCUT2D eigenvalue weighted by molar-refractivity contribution is 5.94. The van der Waals surface area contributed by atoms with E-state index >= 15 is 0 Å². The minimum absolute atomic E-state index is 0.110. The fourth-order valence-electron chi connectivity index (χ4n) is 3.78. The van der Waals surface area contributed by atoms with Crippen LogP contribution in [0.15, 0.2) is 36.5 Å². The first kappa shape index (κ1) is 18.1. The summed E-state index contributed by atoms with van der Waals surface area (Å²) in [6.07, 6.45) is 2.03. The second-order valence-electron chi connectivity index (χ2n) is 6.98. The molecule has 10 heteroatoms. The largest absolute Gasteiger partial charge is 0.497 e. The van der Waals surface area contributed by atoms with Crippen molar-refractivity contribution >= 4 is 17.4 Å². The van der Waals surface area contributed by atoms with Crippen molar-refractivity contribution in [1.29, 1.82) is 0 Å². The third kappa shape index (κ3) is 2.76. The number of nitrogens with one attached hydrogen (secondary N) is 1. The molecule has 0 saturated carbocycles. The lowest BCUT2D eigenvalue weighted by Gasteiger charge is -2.25. The molecule has 1 aliphatic rings. The molecule has 152 valence electrons. The van der Waals surface area contributed by atoms with Crippen LogP contribution in [0.3, 0.4) is 0 Å². The number of carbonyl (C=O) groups is 1. The highest BCUT2D eigenvalue weighted by Crippen LogP contribution is 2.42. The Kier molecular flexibility index (Phi) is 4.12. The summed E-state index contributed by atoms with van der Waals surface area (Å²) in [6, 6.07) is 9.17. The summed E-state index contributed by atoms with van der Waals surface area (Å²) < 4.78 is 14.2. The molecule has 1 unspecified atom stereocenters. The molecule has 1 aromatic carbocycles. The monoisotopic (exact) mass is 405 g/mol. The van der Waals surface area contributed by atoms with E-state index < -0.39 is 0 Å². The summed E-state index contributed by atoms with van der Waals surface area (Å²) in [7, 11) is 3.22. The average molecular weight is 405 g/mol. The first-order valence-electron chi connectivity index (χ1n) is 9.38. The number of hydrogen-bond donors (Lipinski definition) is 1. The zero-order chi connectivity index (χ0) is 20.8. The summed E-state index contributed by atoms with van der Waals surface area (Å²) in [6.45, 7) is 1.82. The number of rotatable bonds is 4. The average Bonchev–Trinajstić information content (AvgIpc) is 3.36. The van der Waals surface area contributed by atoms with Crippen molar-refractivity contribution in [3.8, 4) is 17.3 Å². The topological polar surface area (TPSA) is 108 Å². The molecule has 4 heterocycles. The summed E-state index contributed by atoms with van der Waals surface area (Å²) in [5.41, 5.74) is 2.38. The van der Waals surface area contributed by atoms with Crippen LogP contribution >= 0.6 is 0 Å². The van der Waals surface area contributed by atoms with Crippen molar-refractivity contribution in [2.45, 2.75) is 19.3 Å². The van der Waals surface area contributed by atoms with Crippen LogP contribution < -0.4 is 14.8 Å². The Bertz CT molecular complexity index is 1280. The van der Waals surface area contributed by atoms with Gasteiger partial charge in [0.1, 0.15) is 17.3 Å². The lowest BCUT2D eigenvalue weighted by molar-refractivity contribution is -0.116. The third-order valence-corrected chi connectivity index (χ3v) is 5.25. The summed E-state index contributed by atoms with van der Waals surface area (Å²) in [5.74, 6) is 2.84. The SMILES string of the molecule is COc1ccc(OC)c(C2CC(=O)Nc3c2cnn3-c2ccc3nnc(C)n3n2)c1. The van der Waals surface area contributed by atoms with Crippen molar-refractivity contribution in [2.24, 2.45) is 0 Å². The Morgan fingerprint density at radius 3 is 2.77 bits per heavy atom. The molecular weight excluding hydrogens is 386 g/mol. The number of methoxy groups -OCH3 is 2. The quantitative estimate of drug-likeness (QED) is 0.554. The lowest BCUT2D eigenvalue weighted by Crippen LogP contribution is -2.25. The summed E-state index contributed by atoms with van der Waals surface area (Å²) in [5, 5.41) is 20.1. The molecule has 5 rings (SSSR count). The zero-order valence-corrected chi connectivity index (χ0v) is 16.7. The van der Waals surface area contributed by atoms with E-state index in [1.807, 2.05) is 31.2 Å². The zero-order valence-electron chi connectivity index (χ0n) is 16.7. The van der Waals surface area contributed by atoms with E-state index in [0.717, 1.165) is 11.1 Å². The summed E-state index contributed by atoms with van der Waals surface area (Å²) in [4.78, 5) is 12.6. The van der Waals surface area contributed by atoms with Gasteiger partial charge in [0.2, 0.25) is 5.91 Å². The molecular formula is C20H19N7O3. The van der Waals surface area contributed by atoms with E-state index in [2.05, 4.69) is 25.7 Å². The lowest BCUT2D eigenvalue weighted by atomic mass is 9.86. The molecule has 10 nitrogen and oxygen atoms in total. The highest BCUT2D eigenvalue weighted by atomic mass is 16.5. The van der Waals surface area contributed by atoms with Gasteiger partial charge in [-0.3, -0.25) is 4.79 Å². The Morgan fingerprint density at radius 2 is 1.97 bits per heavy atom. The Morgan fingerprint density at radius 1 is 1.10 bits per heavy atom. The number of amides is 1. The van der Waals surface area contributed by atoms with Gasteiger partial charge in [-0.1, -0.05) is 0 Å². The molecule has 0 spiro atoms. The van der Waals surface area contributed by atoms with Crippen molar-refractivity contribution in [3.63, 3.8) is 0 Å². The molecule has 0 aliphatic carbocycles. The number of ether oxygens (including phenoxy) is 2. The van der Waals surface area contributed by atoms with E-state index in [9.17, 15) is 4.79 Å². The summed E-state index contributed by atoms with van der Waals surface area (Å²) >= 11 is 0. The third-order valence-electron chi connectivity index (χ3n) is 5.25. The maximum Gasteiger partial charge on any atom is 0.226 e. The van der Waals surface area contributed by atoms with Crippen LogP contribution in [-0.4, -0.2) is 49.7 Å². The molecule has 0 saturated heterocycles. The number of hydrogen-bond acceptors (Lipinski definition) is 7. The fraction of sp³-hybridized carbons (Fsp3) is 0.250. The van der Waals surface area contributed by atoms with Gasteiger partial charge >= 0.3 is 0 Å². The van der Waals surface area contributed by atoms with Gasteiger partial charge < -0.3 is 14.8 Å². The number of carbonyl (C=O) groups excluding carboxylic acids is 1. The number of aryl methyl sites for hydroxylation is 1. The van der Waals surface area contributed by atoms with Crippen molar-refractivity contribution in [3.05, 3.63) is 53.5 Å². The molecule has 3 aromatic heterocycles. The molecule has 0 bridgehead atoms. The van der Waals surface area contributed by atoms with Gasteiger partial charge in [0, 0.05) is 23.5 Å². The van der Waals surface area contributed by atoms with E-state index in [0.29, 0.717) is 34.6 Å². The molecule has 0 radical (unpaired) electrons. The first-order chi connectivity index (χ1) is 14.6. The molecule has 1 atom stereocenters. The van der Waals surface area contributed by atoms with Crippen LogP contribution in [0.5, 0.6) is 11.5 Å². The van der Waals surface area contributed by atoms with Crippen LogP contribution in [0.2, 0.25) is 0 Å². The molecule has 1 N–H and O–H groups in total. The van der Waals surface area contributed by atoms with Crippen LogP contribution in [0.1, 0.15) is 29.3 Å². The van der Waals surface area contributed by atoms with E-state index in [1.165, 1.54) is 0 Å². The Balaban J connectivity index is 1.64. The number of anilines is 1. The molecule has 4 aromatic rings.